The van der Waals surface area contributed by atoms with E-state index >= 15 is 0 Å². The molecule has 2 aliphatic heterocycles. The summed E-state index contributed by atoms with van der Waals surface area (Å²) in [6, 6.07) is 22.4. The van der Waals surface area contributed by atoms with Crippen LogP contribution in [0.3, 0.4) is 0 Å². The highest BCUT2D eigenvalue weighted by Crippen LogP contribution is 2.33. The maximum Gasteiger partial charge on any atom is 0.407 e. The number of fused-ring (bicyclic) bond motifs is 1. The van der Waals surface area contributed by atoms with Crippen LogP contribution >= 0.6 is 0 Å². The first-order valence-corrected chi connectivity index (χ1v) is 17.3. The number of aliphatic hydroxyl groups excluding tert-OH is 1. The van der Waals surface area contributed by atoms with Gasteiger partial charge < -0.3 is 34.1 Å². The van der Waals surface area contributed by atoms with Gasteiger partial charge in [-0.2, -0.15) is 4.31 Å². The molecule has 5 rings (SSSR count). The fraction of sp³-hybridized carbons (Fsp3) is 0.457. The van der Waals surface area contributed by atoms with E-state index in [9.17, 15) is 18.3 Å². The van der Waals surface area contributed by atoms with Crippen molar-refractivity contribution in [3.63, 3.8) is 0 Å². The first kappa shape index (κ1) is 34.6. The van der Waals surface area contributed by atoms with Gasteiger partial charge in [0.25, 0.3) is 0 Å². The van der Waals surface area contributed by atoms with Crippen LogP contribution in [0.15, 0.2) is 83.8 Å². The van der Waals surface area contributed by atoms with Gasteiger partial charge >= 0.3 is 6.09 Å². The van der Waals surface area contributed by atoms with Crippen molar-refractivity contribution < 1.29 is 42.0 Å². The summed E-state index contributed by atoms with van der Waals surface area (Å²) < 4.78 is 56.8. The van der Waals surface area contributed by atoms with Crippen LogP contribution in [-0.4, -0.2) is 81.9 Å². The second kappa shape index (κ2) is 15.9. The monoisotopic (exact) mass is 668 g/mol. The van der Waals surface area contributed by atoms with Crippen molar-refractivity contribution in [3.8, 4) is 11.5 Å². The van der Waals surface area contributed by atoms with E-state index in [-0.39, 0.29) is 49.1 Å². The Labute approximate surface area is 276 Å². The molecule has 2 heterocycles. The summed E-state index contributed by atoms with van der Waals surface area (Å²) in [6.07, 6.45) is -1.92. The molecule has 0 aliphatic carbocycles. The van der Waals surface area contributed by atoms with E-state index in [1.807, 2.05) is 68.4 Å². The van der Waals surface area contributed by atoms with E-state index < -0.39 is 34.4 Å². The molecule has 0 spiro atoms. The lowest BCUT2D eigenvalue weighted by molar-refractivity contribution is -0.0907. The van der Waals surface area contributed by atoms with Crippen LogP contribution in [-0.2, 0) is 37.3 Å². The largest absolute Gasteiger partial charge is 0.497 e. The van der Waals surface area contributed by atoms with Gasteiger partial charge in [0.1, 0.15) is 24.2 Å². The summed E-state index contributed by atoms with van der Waals surface area (Å²) >= 11 is 0. The van der Waals surface area contributed by atoms with Crippen molar-refractivity contribution in [2.75, 3.05) is 33.4 Å². The second-order valence-electron chi connectivity index (χ2n) is 12.3. The molecule has 2 aliphatic rings. The van der Waals surface area contributed by atoms with E-state index in [0.29, 0.717) is 24.7 Å². The Balaban J connectivity index is 1.31. The lowest BCUT2D eigenvalue weighted by atomic mass is 10.0. The summed E-state index contributed by atoms with van der Waals surface area (Å²) in [6.45, 7) is 4.91. The van der Waals surface area contributed by atoms with E-state index in [2.05, 4.69) is 5.32 Å². The van der Waals surface area contributed by atoms with Crippen molar-refractivity contribution in [2.45, 2.75) is 62.7 Å². The minimum Gasteiger partial charge on any atom is -0.497 e. The van der Waals surface area contributed by atoms with Crippen molar-refractivity contribution in [3.05, 3.63) is 90.0 Å². The topological polar surface area (TPSA) is 133 Å². The number of benzene rings is 3. The smallest absolute Gasteiger partial charge is 0.407 e. The molecule has 12 heteroatoms. The molecule has 3 aromatic rings. The Morgan fingerprint density at radius 3 is 2.34 bits per heavy atom. The van der Waals surface area contributed by atoms with Gasteiger partial charge in [-0.1, -0.05) is 56.3 Å². The van der Waals surface area contributed by atoms with E-state index in [1.165, 1.54) is 23.5 Å². The number of sulfonamides is 1. The molecule has 2 N–H and O–H groups in total. The molecule has 2 fully saturated rings. The first-order valence-electron chi connectivity index (χ1n) is 15.9. The fourth-order valence-corrected chi connectivity index (χ4v) is 7.40. The van der Waals surface area contributed by atoms with E-state index in [4.69, 9.17) is 23.7 Å². The first-order chi connectivity index (χ1) is 22.6. The second-order valence-corrected chi connectivity index (χ2v) is 14.2. The number of nitrogens with one attached hydrogen (secondary N) is 1. The number of aliphatic hydroxyl groups is 1. The van der Waals surface area contributed by atoms with Crippen LogP contribution in [0.5, 0.6) is 11.5 Å². The molecular formula is C35H44N2O9S. The predicted molar refractivity (Wildman–Crippen MR) is 175 cm³/mol. The highest BCUT2D eigenvalue weighted by Gasteiger charge is 2.44. The number of nitrogens with zero attached hydrogens (tertiary/aromatic N) is 1. The lowest BCUT2D eigenvalue weighted by Crippen LogP contribution is -2.51. The van der Waals surface area contributed by atoms with Gasteiger partial charge in [0.05, 0.1) is 43.3 Å². The van der Waals surface area contributed by atoms with E-state index in [0.717, 1.165) is 17.5 Å². The van der Waals surface area contributed by atoms with Crippen molar-refractivity contribution >= 4 is 16.1 Å². The van der Waals surface area contributed by atoms with E-state index in [1.54, 1.807) is 12.1 Å². The zero-order valence-corrected chi connectivity index (χ0v) is 27.8. The molecule has 3 aromatic carbocycles. The maximum atomic E-state index is 13.8. The number of alkyl carbamates (subject to hydrolysis) is 1. The maximum absolute atomic E-state index is 13.8. The number of methoxy groups -OCH3 is 1. The van der Waals surface area contributed by atoms with Gasteiger partial charge in [0.15, 0.2) is 6.29 Å². The third-order valence-corrected chi connectivity index (χ3v) is 10.1. The summed E-state index contributed by atoms with van der Waals surface area (Å²) in [5, 5.41) is 14.4. The molecule has 47 heavy (non-hydrogen) atoms. The highest BCUT2D eigenvalue weighted by atomic mass is 32.2. The van der Waals surface area contributed by atoms with Crippen LogP contribution in [0.2, 0.25) is 0 Å². The van der Waals surface area contributed by atoms with Crippen LogP contribution in [0.25, 0.3) is 0 Å². The molecule has 11 nitrogen and oxygen atoms in total. The van der Waals surface area contributed by atoms with Gasteiger partial charge in [-0.3, -0.25) is 0 Å². The van der Waals surface area contributed by atoms with Crippen molar-refractivity contribution in [1.29, 1.82) is 0 Å². The fourth-order valence-electron chi connectivity index (χ4n) is 5.78. The summed E-state index contributed by atoms with van der Waals surface area (Å²) in [5.41, 5.74) is 1.85. The standard InChI is InChI=1S/C35H44N2O9S/c1-24(2)20-37(47(40,41)29-15-13-27(42-3)14-16-29)21-32(38)31(36-35(39)46-33-23-45-34-30(33)17-18-43-34)19-25-9-11-28(12-10-25)44-22-26-7-5-4-6-8-26/h4-16,24,30-34,38H,17-23H2,1-3H3,(H,36,39)/t30-,31-,32-,33-,34+/m0/s1. The number of hydrogen-bond donors (Lipinski definition) is 2. The normalized spacial score (nSPS) is 20.5. The zero-order valence-electron chi connectivity index (χ0n) is 27.0. The number of hydrogen-bond acceptors (Lipinski definition) is 9. The Hall–Kier alpha value is -3.68. The molecule has 0 bridgehead atoms. The Morgan fingerprint density at radius 2 is 1.66 bits per heavy atom. The SMILES string of the molecule is COc1ccc(S(=O)(=O)N(CC(C)C)C[C@H](O)[C@H](Cc2ccc(OCc3ccccc3)cc2)NC(=O)O[C@H]2CO[C@H]3OCC[C@H]32)cc1. The molecule has 0 radical (unpaired) electrons. The Kier molecular flexibility index (Phi) is 11.8. The number of ether oxygens (including phenoxy) is 5. The van der Waals surface area contributed by atoms with Crippen molar-refractivity contribution in [2.24, 2.45) is 11.8 Å². The minimum absolute atomic E-state index is 0.0287. The molecule has 1 amide bonds. The minimum atomic E-state index is -3.99. The number of rotatable bonds is 15. The average molecular weight is 669 g/mol. The number of amides is 1. The van der Waals surface area contributed by atoms with Gasteiger partial charge in [-0.05, 0) is 66.3 Å². The molecule has 0 saturated carbocycles. The summed E-state index contributed by atoms with van der Waals surface area (Å²) in [7, 11) is -2.48. The average Bonchev–Trinajstić information content (AvgIpc) is 3.69. The zero-order chi connectivity index (χ0) is 33.4. The van der Waals surface area contributed by atoms with Gasteiger partial charge in [-0.25, -0.2) is 13.2 Å². The lowest BCUT2D eigenvalue weighted by Gasteiger charge is -2.31. The third kappa shape index (κ3) is 9.23. The predicted octanol–water partition coefficient (Wildman–Crippen LogP) is 4.38. The van der Waals surface area contributed by atoms with Gasteiger partial charge in [0.2, 0.25) is 10.0 Å². The quantitative estimate of drug-likeness (QED) is 0.242. The van der Waals surface area contributed by atoms with Gasteiger partial charge in [-0.15, -0.1) is 0 Å². The molecule has 254 valence electrons. The molecular weight excluding hydrogens is 624 g/mol. The number of carbonyl (C=O) groups is 1. The number of carbonyl (C=O) groups excluding carboxylic acids is 1. The van der Waals surface area contributed by atoms with Crippen molar-refractivity contribution in [1.82, 2.24) is 9.62 Å². The summed E-state index contributed by atoms with van der Waals surface area (Å²) in [4.78, 5) is 13.3. The third-order valence-electron chi connectivity index (χ3n) is 8.30. The van der Waals surface area contributed by atoms with Crippen LogP contribution in [0.1, 0.15) is 31.4 Å². The Bertz CT molecular complexity index is 1540. The summed E-state index contributed by atoms with van der Waals surface area (Å²) in [5.74, 6) is 1.12. The van der Waals surface area contributed by atoms with Crippen LogP contribution in [0, 0.1) is 11.8 Å². The highest BCUT2D eigenvalue weighted by molar-refractivity contribution is 7.89. The molecule has 2 saturated heterocycles. The molecule has 5 atom stereocenters. The van der Waals surface area contributed by atoms with Gasteiger partial charge in [0, 0.05) is 13.1 Å². The Morgan fingerprint density at radius 1 is 0.957 bits per heavy atom. The molecule has 0 unspecified atom stereocenters. The molecule has 0 aromatic heterocycles. The van der Waals surface area contributed by atoms with Crippen LogP contribution in [0.4, 0.5) is 4.79 Å². The van der Waals surface area contributed by atoms with Crippen LogP contribution < -0.4 is 14.8 Å².